The van der Waals surface area contributed by atoms with Crippen molar-refractivity contribution < 1.29 is 14.4 Å². The van der Waals surface area contributed by atoms with Gasteiger partial charge in [-0.25, -0.2) is 0 Å². The number of carbonyl (C=O) groups is 3. The minimum absolute atomic E-state index is 0.124. The SMILES string of the molecule is O=C(c1cc(C(=O)N(c2ccccc2)c2ccc(-c3ccccn3)cc2)cc(C(=O)N(c2ccccc2)c2ccc(-c3ccccn3)cc2)c1)N(c1ccccc1)c1ccc(-c2ccccn2)cc1. The van der Waals surface area contributed by atoms with E-state index in [0.29, 0.717) is 34.1 Å². The zero-order valence-electron chi connectivity index (χ0n) is 37.2. The van der Waals surface area contributed by atoms with Gasteiger partial charge in [0.05, 0.1) is 17.1 Å². The first-order valence-corrected chi connectivity index (χ1v) is 22.4. The van der Waals surface area contributed by atoms with Crippen LogP contribution >= 0.6 is 0 Å². The smallest absolute Gasteiger partial charge is 0.262 e. The number of carbonyl (C=O) groups excluding carboxylic acids is 3. The molecule has 3 amide bonds. The van der Waals surface area contributed by atoms with Crippen LogP contribution in [-0.4, -0.2) is 32.7 Å². The van der Waals surface area contributed by atoms with Crippen LogP contribution < -0.4 is 14.7 Å². The van der Waals surface area contributed by atoms with Gasteiger partial charge >= 0.3 is 0 Å². The van der Waals surface area contributed by atoms with Gasteiger partial charge in [0, 0.05) is 86.1 Å². The van der Waals surface area contributed by atoms with Gasteiger partial charge in [-0.1, -0.05) is 109 Å². The average molecular weight is 895 g/mol. The lowest BCUT2D eigenvalue weighted by Gasteiger charge is -2.27. The highest BCUT2D eigenvalue weighted by molar-refractivity contribution is 6.18. The number of para-hydroxylation sites is 3. The summed E-state index contributed by atoms with van der Waals surface area (Å²) < 4.78 is 0. The molecule has 0 aliphatic rings. The highest BCUT2D eigenvalue weighted by Crippen LogP contribution is 2.35. The zero-order chi connectivity index (χ0) is 46.9. The number of hydrogen-bond donors (Lipinski definition) is 0. The van der Waals surface area contributed by atoms with Crippen molar-refractivity contribution in [3.05, 3.63) is 272 Å². The fraction of sp³-hybridized carbons (Fsp3) is 0. The molecular weight excluding hydrogens is 853 g/mol. The van der Waals surface area contributed by atoms with E-state index < -0.39 is 17.7 Å². The monoisotopic (exact) mass is 894 g/mol. The van der Waals surface area contributed by atoms with Gasteiger partial charge in [0.15, 0.2) is 0 Å². The molecule has 0 aliphatic heterocycles. The van der Waals surface area contributed by atoms with Crippen LogP contribution in [0.3, 0.4) is 0 Å². The van der Waals surface area contributed by atoms with Gasteiger partial charge in [-0.2, -0.15) is 0 Å². The number of amides is 3. The Hall–Kier alpha value is -9.60. The number of pyridine rings is 3. The fourth-order valence-corrected chi connectivity index (χ4v) is 8.21. The summed E-state index contributed by atoms with van der Waals surface area (Å²) in [5.74, 6) is -1.35. The highest BCUT2D eigenvalue weighted by Gasteiger charge is 2.29. The molecular formula is C60H42N6O3. The Kier molecular flexibility index (Phi) is 12.5. The van der Waals surface area contributed by atoms with Crippen molar-refractivity contribution in [3.8, 4) is 33.8 Å². The second-order valence-electron chi connectivity index (χ2n) is 16.0. The molecule has 9 heteroatoms. The molecule has 0 atom stereocenters. The molecule has 0 N–H and O–H groups in total. The predicted octanol–water partition coefficient (Wildman–Crippen LogP) is 13.8. The van der Waals surface area contributed by atoms with Crippen LogP contribution in [-0.2, 0) is 0 Å². The Morgan fingerprint density at radius 1 is 0.261 bits per heavy atom. The van der Waals surface area contributed by atoms with Crippen molar-refractivity contribution in [2.75, 3.05) is 14.7 Å². The molecule has 3 heterocycles. The molecule has 0 aliphatic carbocycles. The van der Waals surface area contributed by atoms with E-state index >= 15 is 14.4 Å². The van der Waals surface area contributed by atoms with E-state index in [1.165, 1.54) is 0 Å². The molecule has 3 aromatic heterocycles. The van der Waals surface area contributed by atoms with E-state index in [4.69, 9.17) is 0 Å². The van der Waals surface area contributed by atoms with Crippen molar-refractivity contribution >= 4 is 51.8 Å². The number of nitrogens with zero attached hydrogens (tertiary/aromatic N) is 6. The normalized spacial score (nSPS) is 10.8. The number of hydrogen-bond acceptors (Lipinski definition) is 6. The van der Waals surface area contributed by atoms with Crippen molar-refractivity contribution in [1.82, 2.24) is 15.0 Å². The van der Waals surface area contributed by atoms with Crippen LogP contribution in [0.5, 0.6) is 0 Å². The Balaban J connectivity index is 1.12. The first kappa shape index (κ1) is 43.3. The predicted molar refractivity (Wildman–Crippen MR) is 274 cm³/mol. The first-order valence-electron chi connectivity index (χ1n) is 22.4. The van der Waals surface area contributed by atoms with Crippen molar-refractivity contribution in [2.45, 2.75) is 0 Å². The van der Waals surface area contributed by atoms with Crippen LogP contribution in [0.2, 0.25) is 0 Å². The third-order valence-electron chi connectivity index (χ3n) is 11.6. The molecule has 0 saturated carbocycles. The van der Waals surface area contributed by atoms with E-state index in [2.05, 4.69) is 15.0 Å². The van der Waals surface area contributed by atoms with Crippen molar-refractivity contribution in [1.29, 1.82) is 0 Å². The third kappa shape index (κ3) is 9.42. The van der Waals surface area contributed by atoms with Gasteiger partial charge in [0.1, 0.15) is 0 Å². The maximum Gasteiger partial charge on any atom is 0.262 e. The molecule has 0 bridgehead atoms. The molecule has 0 radical (unpaired) electrons. The van der Waals surface area contributed by atoms with E-state index in [1.807, 2.05) is 218 Å². The zero-order valence-corrected chi connectivity index (χ0v) is 37.2. The van der Waals surface area contributed by atoms with Gasteiger partial charge in [-0.05, 0) is 127 Å². The van der Waals surface area contributed by atoms with Gasteiger partial charge < -0.3 is 0 Å². The lowest BCUT2D eigenvalue weighted by Crippen LogP contribution is -2.30. The summed E-state index contributed by atoms with van der Waals surface area (Å²) in [7, 11) is 0. The number of benzene rings is 7. The topological polar surface area (TPSA) is 99.6 Å². The summed E-state index contributed by atoms with van der Waals surface area (Å²) in [5.41, 5.74) is 8.89. The molecule has 7 aromatic carbocycles. The van der Waals surface area contributed by atoms with Crippen LogP contribution in [0, 0.1) is 0 Å². The summed E-state index contributed by atoms with van der Waals surface area (Å²) in [6.45, 7) is 0. The van der Waals surface area contributed by atoms with Crippen molar-refractivity contribution in [3.63, 3.8) is 0 Å². The first-order chi connectivity index (χ1) is 34.0. The molecule has 10 aromatic rings. The van der Waals surface area contributed by atoms with E-state index in [0.717, 1.165) is 33.8 Å². The standard InChI is InChI=1S/C60H42N6O3/c67-58(64(49-16-4-1-5-17-49)52-31-25-43(26-32-52)55-22-10-13-37-61-55)46-40-47(59(68)65(50-18-6-2-7-19-50)53-33-27-44(28-34-53)56-23-11-14-38-62-56)42-48(41-46)60(69)66(51-20-8-3-9-21-51)54-35-29-45(30-36-54)57-24-12-15-39-63-57/h1-42H. The molecule has 0 saturated heterocycles. The molecule has 69 heavy (non-hydrogen) atoms. The number of anilines is 6. The van der Waals surface area contributed by atoms with Crippen LogP contribution in [0.4, 0.5) is 34.1 Å². The number of aromatic nitrogens is 3. The lowest BCUT2D eigenvalue weighted by molar-refractivity contribution is 0.0998. The third-order valence-corrected chi connectivity index (χ3v) is 11.6. The molecule has 330 valence electrons. The fourth-order valence-electron chi connectivity index (χ4n) is 8.21. The molecule has 0 unspecified atom stereocenters. The Labute approximate surface area is 399 Å². The summed E-state index contributed by atoms with van der Waals surface area (Å²) in [6, 6.07) is 72.5. The Morgan fingerprint density at radius 3 is 0.725 bits per heavy atom. The van der Waals surface area contributed by atoms with Gasteiger partial charge in [-0.15, -0.1) is 0 Å². The quantitative estimate of drug-likeness (QED) is 0.121. The van der Waals surface area contributed by atoms with Gasteiger partial charge in [0.2, 0.25) is 0 Å². The van der Waals surface area contributed by atoms with E-state index in [1.54, 1.807) is 51.5 Å². The molecule has 0 spiro atoms. The second kappa shape index (κ2) is 19.9. The van der Waals surface area contributed by atoms with E-state index in [9.17, 15) is 0 Å². The summed E-state index contributed by atoms with van der Waals surface area (Å²) >= 11 is 0. The van der Waals surface area contributed by atoms with Gasteiger partial charge in [-0.3, -0.25) is 44.0 Å². The van der Waals surface area contributed by atoms with E-state index in [-0.39, 0.29) is 16.7 Å². The summed E-state index contributed by atoms with van der Waals surface area (Å²) in [6.07, 6.45) is 5.22. The molecule has 0 fully saturated rings. The number of rotatable bonds is 12. The second-order valence-corrected chi connectivity index (χ2v) is 16.0. The minimum atomic E-state index is -0.451. The Morgan fingerprint density at radius 2 is 0.493 bits per heavy atom. The van der Waals surface area contributed by atoms with Crippen LogP contribution in [0.15, 0.2) is 255 Å². The summed E-state index contributed by atoms with van der Waals surface area (Å²) in [5, 5.41) is 0. The summed E-state index contributed by atoms with van der Waals surface area (Å²) in [4.78, 5) is 64.7. The lowest BCUT2D eigenvalue weighted by atomic mass is 10.0. The largest absolute Gasteiger partial charge is 0.277 e. The maximum absolute atomic E-state index is 15.5. The Bertz CT molecular complexity index is 2970. The highest BCUT2D eigenvalue weighted by atomic mass is 16.2. The van der Waals surface area contributed by atoms with Crippen LogP contribution in [0.25, 0.3) is 33.8 Å². The average Bonchev–Trinajstić information content (AvgIpc) is 3.43. The van der Waals surface area contributed by atoms with Gasteiger partial charge in [0.25, 0.3) is 17.7 Å². The molecule has 9 nitrogen and oxygen atoms in total. The maximum atomic E-state index is 15.5. The van der Waals surface area contributed by atoms with Crippen molar-refractivity contribution in [2.24, 2.45) is 0 Å². The van der Waals surface area contributed by atoms with Crippen LogP contribution in [0.1, 0.15) is 31.1 Å². The minimum Gasteiger partial charge on any atom is -0.277 e. The molecule has 10 rings (SSSR count).